The maximum Gasteiger partial charge on any atom is 0.338 e. The van der Waals surface area contributed by atoms with E-state index < -0.39 is 32.1 Å². The van der Waals surface area contributed by atoms with Gasteiger partial charge in [0.25, 0.3) is 0 Å². The number of halogens is 2. The Morgan fingerprint density at radius 1 is 1.47 bits per heavy atom. The largest absolute Gasteiger partial charge is 0.478 e. The van der Waals surface area contributed by atoms with Crippen LogP contribution in [0.5, 0.6) is 0 Å². The lowest BCUT2D eigenvalue weighted by molar-refractivity contribution is 0.0691. The summed E-state index contributed by atoms with van der Waals surface area (Å²) in [6.07, 6.45) is 0.859. The SMILES string of the molecule is CS(=O)(=O)c1cc(C(=O)O)c(F)cc1Cl. The van der Waals surface area contributed by atoms with Gasteiger partial charge in [-0.3, -0.25) is 0 Å². The summed E-state index contributed by atoms with van der Waals surface area (Å²) in [6, 6.07) is 1.37. The van der Waals surface area contributed by atoms with Gasteiger partial charge in [0.05, 0.1) is 15.5 Å². The number of hydrogen-bond donors (Lipinski definition) is 1. The van der Waals surface area contributed by atoms with E-state index in [4.69, 9.17) is 16.7 Å². The molecular formula is C8H6ClFO4S. The topological polar surface area (TPSA) is 71.4 Å². The molecule has 0 aromatic heterocycles. The lowest BCUT2D eigenvalue weighted by Gasteiger charge is -2.04. The first-order valence-electron chi connectivity index (χ1n) is 3.66. The molecule has 0 aliphatic rings. The minimum Gasteiger partial charge on any atom is -0.478 e. The number of hydrogen-bond acceptors (Lipinski definition) is 3. The molecule has 4 nitrogen and oxygen atoms in total. The zero-order valence-electron chi connectivity index (χ0n) is 7.49. The third-order valence-electron chi connectivity index (χ3n) is 1.65. The first-order valence-corrected chi connectivity index (χ1v) is 5.93. The van der Waals surface area contributed by atoms with Gasteiger partial charge in [-0.25, -0.2) is 17.6 Å². The third-order valence-corrected chi connectivity index (χ3v) is 3.21. The van der Waals surface area contributed by atoms with Crippen molar-refractivity contribution in [1.29, 1.82) is 0 Å². The summed E-state index contributed by atoms with van der Waals surface area (Å²) in [5.74, 6) is -2.62. The highest BCUT2D eigenvalue weighted by molar-refractivity contribution is 7.90. The molecule has 0 aliphatic heterocycles. The van der Waals surface area contributed by atoms with E-state index in [1.807, 2.05) is 0 Å². The van der Waals surface area contributed by atoms with Crippen LogP contribution in [-0.2, 0) is 9.84 Å². The highest BCUT2D eigenvalue weighted by Gasteiger charge is 2.19. The van der Waals surface area contributed by atoms with Crippen LogP contribution in [0.4, 0.5) is 4.39 Å². The highest BCUT2D eigenvalue weighted by atomic mass is 35.5. The van der Waals surface area contributed by atoms with Crippen LogP contribution in [0.25, 0.3) is 0 Å². The van der Waals surface area contributed by atoms with Crippen LogP contribution in [0.2, 0.25) is 5.02 Å². The minimum atomic E-state index is -3.67. The standard InChI is InChI=1S/C8H6ClFO4S/c1-15(13,14)7-2-4(8(11)12)6(10)3-5(7)9/h2-3H,1H3,(H,11,12). The van der Waals surface area contributed by atoms with E-state index in [1.165, 1.54) is 0 Å². The number of sulfone groups is 1. The zero-order valence-corrected chi connectivity index (χ0v) is 9.06. The van der Waals surface area contributed by atoms with Gasteiger partial charge in [-0.2, -0.15) is 0 Å². The monoisotopic (exact) mass is 252 g/mol. The van der Waals surface area contributed by atoms with Crippen LogP contribution in [-0.4, -0.2) is 25.7 Å². The van der Waals surface area contributed by atoms with E-state index in [2.05, 4.69) is 0 Å². The Labute approximate surface area is 90.2 Å². The van der Waals surface area contributed by atoms with Crippen molar-refractivity contribution >= 4 is 27.4 Å². The van der Waals surface area contributed by atoms with Crippen molar-refractivity contribution in [3.05, 3.63) is 28.5 Å². The van der Waals surface area contributed by atoms with E-state index >= 15 is 0 Å². The molecule has 0 saturated carbocycles. The first-order chi connectivity index (χ1) is 6.73. The Balaban J connectivity index is 3.58. The van der Waals surface area contributed by atoms with E-state index in [0.29, 0.717) is 12.1 Å². The maximum absolute atomic E-state index is 13.0. The minimum absolute atomic E-state index is 0.333. The molecule has 0 amide bonds. The second kappa shape index (κ2) is 3.79. The van der Waals surface area contributed by atoms with Gasteiger partial charge in [-0.15, -0.1) is 0 Å². The van der Waals surface area contributed by atoms with E-state index in [0.717, 1.165) is 6.26 Å². The number of carbonyl (C=O) groups is 1. The average molecular weight is 253 g/mol. The van der Waals surface area contributed by atoms with Crippen molar-refractivity contribution in [2.45, 2.75) is 4.90 Å². The highest BCUT2D eigenvalue weighted by Crippen LogP contribution is 2.24. The first kappa shape index (κ1) is 11.9. The molecule has 1 N–H and O–H groups in total. The Morgan fingerprint density at radius 2 is 2.00 bits per heavy atom. The predicted octanol–water partition coefficient (Wildman–Crippen LogP) is 1.58. The van der Waals surface area contributed by atoms with Crippen LogP contribution in [0, 0.1) is 5.82 Å². The molecule has 7 heteroatoms. The second-order valence-corrected chi connectivity index (χ2v) is 5.23. The van der Waals surface area contributed by atoms with Gasteiger partial charge in [-0.1, -0.05) is 11.6 Å². The molecule has 15 heavy (non-hydrogen) atoms. The summed E-state index contributed by atoms with van der Waals surface area (Å²) in [5.41, 5.74) is -0.722. The number of benzene rings is 1. The molecule has 0 saturated heterocycles. The lowest BCUT2D eigenvalue weighted by atomic mass is 10.2. The van der Waals surface area contributed by atoms with Gasteiger partial charge in [0.15, 0.2) is 9.84 Å². The van der Waals surface area contributed by atoms with E-state index in [-0.39, 0.29) is 5.02 Å². The zero-order chi connectivity index (χ0) is 11.8. The normalized spacial score (nSPS) is 11.4. The van der Waals surface area contributed by atoms with Crippen molar-refractivity contribution in [1.82, 2.24) is 0 Å². The number of carboxylic acid groups (broad SMARTS) is 1. The fraction of sp³-hybridized carbons (Fsp3) is 0.125. The molecule has 0 unspecified atom stereocenters. The van der Waals surface area contributed by atoms with Crippen molar-refractivity contribution in [2.75, 3.05) is 6.26 Å². The maximum atomic E-state index is 13.0. The van der Waals surface area contributed by atoms with Crippen LogP contribution in [0.3, 0.4) is 0 Å². The van der Waals surface area contributed by atoms with Crippen LogP contribution < -0.4 is 0 Å². The van der Waals surface area contributed by atoms with Crippen LogP contribution in [0.1, 0.15) is 10.4 Å². The Hall–Kier alpha value is -1.14. The van der Waals surface area contributed by atoms with Gasteiger partial charge in [0, 0.05) is 6.26 Å². The molecule has 0 radical (unpaired) electrons. The summed E-state index contributed by atoms with van der Waals surface area (Å²) in [6.45, 7) is 0. The summed E-state index contributed by atoms with van der Waals surface area (Å²) in [5, 5.41) is 8.24. The molecule has 0 bridgehead atoms. The number of rotatable bonds is 2. The van der Waals surface area contributed by atoms with Crippen LogP contribution in [0.15, 0.2) is 17.0 Å². The Kier molecular flexibility index (Phi) is 3.01. The fourth-order valence-corrected chi connectivity index (χ4v) is 2.29. The van der Waals surface area contributed by atoms with Gasteiger partial charge in [0.1, 0.15) is 5.82 Å². The summed E-state index contributed by atoms with van der Waals surface area (Å²) in [4.78, 5) is 10.1. The molecule has 0 atom stereocenters. The summed E-state index contributed by atoms with van der Waals surface area (Å²) >= 11 is 5.48. The van der Waals surface area contributed by atoms with Crippen LogP contribution >= 0.6 is 11.6 Å². The van der Waals surface area contributed by atoms with Gasteiger partial charge >= 0.3 is 5.97 Å². The molecule has 1 rings (SSSR count). The molecule has 1 aromatic carbocycles. The van der Waals surface area contributed by atoms with Crippen molar-refractivity contribution in [3.63, 3.8) is 0 Å². The Morgan fingerprint density at radius 3 is 2.40 bits per heavy atom. The molecular weight excluding hydrogens is 247 g/mol. The van der Waals surface area contributed by atoms with Gasteiger partial charge in [-0.05, 0) is 12.1 Å². The lowest BCUT2D eigenvalue weighted by Crippen LogP contribution is -2.05. The molecule has 0 spiro atoms. The number of carboxylic acids is 1. The molecule has 0 fully saturated rings. The second-order valence-electron chi connectivity index (χ2n) is 2.84. The average Bonchev–Trinajstić information content (AvgIpc) is 2.00. The van der Waals surface area contributed by atoms with E-state index in [1.54, 1.807) is 0 Å². The predicted molar refractivity (Wildman–Crippen MR) is 51.5 cm³/mol. The summed E-state index contributed by atoms with van der Waals surface area (Å²) < 4.78 is 35.3. The number of aromatic carboxylic acids is 1. The fourth-order valence-electron chi connectivity index (χ4n) is 0.977. The molecule has 82 valence electrons. The molecule has 1 aromatic rings. The van der Waals surface area contributed by atoms with Gasteiger partial charge in [0.2, 0.25) is 0 Å². The van der Waals surface area contributed by atoms with Crippen molar-refractivity contribution in [2.24, 2.45) is 0 Å². The smallest absolute Gasteiger partial charge is 0.338 e. The van der Waals surface area contributed by atoms with Crippen molar-refractivity contribution < 1.29 is 22.7 Å². The summed E-state index contributed by atoms with van der Waals surface area (Å²) in [7, 11) is -3.67. The third kappa shape index (κ3) is 2.45. The molecule has 0 aliphatic carbocycles. The van der Waals surface area contributed by atoms with E-state index in [9.17, 15) is 17.6 Å². The van der Waals surface area contributed by atoms with Crippen molar-refractivity contribution in [3.8, 4) is 0 Å². The quantitative estimate of drug-likeness (QED) is 0.811. The van der Waals surface area contributed by atoms with Gasteiger partial charge < -0.3 is 5.11 Å². The molecule has 0 heterocycles. The Bertz CT molecular complexity index is 524.